The molecule has 1 aromatic carbocycles. The third-order valence-corrected chi connectivity index (χ3v) is 3.99. The molecule has 1 aliphatic heterocycles. The van der Waals surface area contributed by atoms with E-state index in [4.69, 9.17) is 10.5 Å². The van der Waals surface area contributed by atoms with Crippen LogP contribution >= 0.6 is 0 Å². The Balaban J connectivity index is 1.96. The number of hydrogen-bond acceptors (Lipinski definition) is 4. The molecule has 2 unspecified atom stereocenters. The molecule has 2 N–H and O–H groups in total. The normalized spacial score (nSPS) is 22.9. The molecule has 1 saturated heterocycles. The van der Waals surface area contributed by atoms with Gasteiger partial charge in [0.1, 0.15) is 5.54 Å². The Kier molecular flexibility index (Phi) is 5.13. The van der Waals surface area contributed by atoms with Crippen molar-refractivity contribution in [2.75, 3.05) is 26.2 Å². The van der Waals surface area contributed by atoms with Gasteiger partial charge in [0.25, 0.3) is 0 Å². The first kappa shape index (κ1) is 15.0. The fourth-order valence-corrected chi connectivity index (χ4v) is 2.57. The predicted octanol–water partition coefficient (Wildman–Crippen LogP) is 1.87. The highest BCUT2D eigenvalue weighted by Crippen LogP contribution is 2.22. The minimum atomic E-state index is -0.902. The van der Waals surface area contributed by atoms with E-state index in [9.17, 15) is 5.26 Å². The number of nitrogens with zero attached hydrogens (tertiary/aromatic N) is 2. The predicted molar refractivity (Wildman–Crippen MR) is 79.0 cm³/mol. The van der Waals surface area contributed by atoms with Crippen molar-refractivity contribution < 1.29 is 4.74 Å². The van der Waals surface area contributed by atoms with Gasteiger partial charge in [-0.05, 0) is 18.4 Å². The summed E-state index contributed by atoms with van der Waals surface area (Å²) in [6.45, 7) is 5.60. The summed E-state index contributed by atoms with van der Waals surface area (Å²) in [5.74, 6) is 0. The van der Waals surface area contributed by atoms with Crippen molar-refractivity contribution in [3.63, 3.8) is 0 Å². The van der Waals surface area contributed by atoms with Crippen LogP contribution in [0.25, 0.3) is 0 Å². The van der Waals surface area contributed by atoms with Crippen LogP contribution in [0.3, 0.4) is 0 Å². The summed E-state index contributed by atoms with van der Waals surface area (Å²) in [4.78, 5) is 2.35. The summed E-state index contributed by atoms with van der Waals surface area (Å²) in [7, 11) is 0. The number of rotatable bonds is 5. The van der Waals surface area contributed by atoms with Crippen molar-refractivity contribution >= 4 is 0 Å². The minimum absolute atomic E-state index is 0.315. The highest BCUT2D eigenvalue weighted by atomic mass is 16.5. The Bertz CT molecular complexity index is 457. The van der Waals surface area contributed by atoms with Crippen molar-refractivity contribution in [2.45, 2.75) is 31.4 Å². The molecule has 0 spiro atoms. The first-order valence-corrected chi connectivity index (χ1v) is 7.27. The van der Waals surface area contributed by atoms with E-state index < -0.39 is 5.54 Å². The van der Waals surface area contributed by atoms with E-state index in [0.29, 0.717) is 12.5 Å². The highest BCUT2D eigenvalue weighted by Gasteiger charge is 2.28. The van der Waals surface area contributed by atoms with Gasteiger partial charge in [-0.2, -0.15) is 5.26 Å². The van der Waals surface area contributed by atoms with E-state index in [2.05, 4.69) is 17.9 Å². The zero-order valence-electron chi connectivity index (χ0n) is 12.1. The lowest BCUT2D eigenvalue weighted by Gasteiger charge is -2.34. The SMILES string of the molecule is CCC1CN(CCC(N)(C#N)c2ccccc2)CCO1. The summed E-state index contributed by atoms with van der Waals surface area (Å²) in [6.07, 6.45) is 1.99. The van der Waals surface area contributed by atoms with Gasteiger partial charge in [0, 0.05) is 19.6 Å². The maximum atomic E-state index is 9.45. The van der Waals surface area contributed by atoms with Gasteiger partial charge >= 0.3 is 0 Å². The monoisotopic (exact) mass is 273 g/mol. The van der Waals surface area contributed by atoms with Gasteiger partial charge in [0.2, 0.25) is 0 Å². The van der Waals surface area contributed by atoms with Gasteiger partial charge in [-0.3, -0.25) is 4.90 Å². The Morgan fingerprint density at radius 1 is 1.45 bits per heavy atom. The molecule has 4 heteroatoms. The van der Waals surface area contributed by atoms with Crippen LogP contribution in [0.1, 0.15) is 25.3 Å². The molecule has 0 aromatic heterocycles. The van der Waals surface area contributed by atoms with Crippen molar-refractivity contribution in [1.82, 2.24) is 4.90 Å². The van der Waals surface area contributed by atoms with E-state index in [1.54, 1.807) is 0 Å². The summed E-state index contributed by atoms with van der Waals surface area (Å²) < 4.78 is 5.66. The van der Waals surface area contributed by atoms with Crippen molar-refractivity contribution in [2.24, 2.45) is 5.73 Å². The molecule has 1 heterocycles. The Morgan fingerprint density at radius 3 is 2.85 bits per heavy atom. The standard InChI is InChI=1S/C16H23N3O/c1-2-15-12-19(10-11-20-15)9-8-16(18,13-17)14-6-4-3-5-7-14/h3-7,15H,2,8-12,18H2,1H3. The molecule has 1 fully saturated rings. The number of ether oxygens (including phenoxy) is 1. The van der Waals surface area contributed by atoms with Gasteiger partial charge in [-0.15, -0.1) is 0 Å². The van der Waals surface area contributed by atoms with Crippen LogP contribution in [0.5, 0.6) is 0 Å². The molecule has 0 saturated carbocycles. The largest absolute Gasteiger partial charge is 0.376 e. The second-order valence-corrected chi connectivity index (χ2v) is 5.40. The number of nitrogens with two attached hydrogens (primary N) is 1. The number of hydrogen-bond donors (Lipinski definition) is 1. The molecule has 0 aliphatic carbocycles. The zero-order chi connectivity index (χ0) is 14.4. The average molecular weight is 273 g/mol. The van der Waals surface area contributed by atoms with Crippen molar-refractivity contribution in [3.05, 3.63) is 35.9 Å². The van der Waals surface area contributed by atoms with Crippen molar-refractivity contribution in [1.29, 1.82) is 5.26 Å². The van der Waals surface area contributed by atoms with E-state index in [1.807, 2.05) is 30.3 Å². The van der Waals surface area contributed by atoms with Gasteiger partial charge in [0.05, 0.1) is 18.8 Å². The molecule has 0 amide bonds. The minimum Gasteiger partial charge on any atom is -0.376 e. The highest BCUT2D eigenvalue weighted by molar-refractivity contribution is 5.30. The van der Waals surface area contributed by atoms with E-state index in [1.165, 1.54) is 0 Å². The Hall–Kier alpha value is -1.41. The topological polar surface area (TPSA) is 62.3 Å². The smallest absolute Gasteiger partial charge is 0.131 e. The molecular formula is C16H23N3O. The van der Waals surface area contributed by atoms with Crippen molar-refractivity contribution in [3.8, 4) is 6.07 Å². The van der Waals surface area contributed by atoms with Crippen LogP contribution < -0.4 is 5.73 Å². The van der Waals surface area contributed by atoms with Crippen LogP contribution in [0, 0.1) is 11.3 Å². The van der Waals surface area contributed by atoms with E-state index in [0.717, 1.165) is 38.2 Å². The number of benzene rings is 1. The van der Waals surface area contributed by atoms with Gasteiger partial charge in [-0.1, -0.05) is 37.3 Å². The fraction of sp³-hybridized carbons (Fsp3) is 0.562. The third kappa shape index (κ3) is 3.57. The van der Waals surface area contributed by atoms with Gasteiger partial charge in [0.15, 0.2) is 0 Å². The van der Waals surface area contributed by atoms with Crippen LogP contribution in [0.15, 0.2) is 30.3 Å². The average Bonchev–Trinajstić information content (AvgIpc) is 2.53. The molecule has 4 nitrogen and oxygen atoms in total. The molecule has 0 bridgehead atoms. The zero-order valence-corrected chi connectivity index (χ0v) is 12.1. The lowest BCUT2D eigenvalue weighted by molar-refractivity contribution is -0.0308. The maximum absolute atomic E-state index is 9.45. The summed E-state index contributed by atoms with van der Waals surface area (Å²) in [5, 5.41) is 9.45. The molecule has 1 aromatic rings. The molecule has 1 aliphatic rings. The number of morpholine rings is 1. The summed E-state index contributed by atoms with van der Waals surface area (Å²) in [6, 6.07) is 11.9. The molecule has 20 heavy (non-hydrogen) atoms. The fourth-order valence-electron chi connectivity index (χ4n) is 2.57. The summed E-state index contributed by atoms with van der Waals surface area (Å²) >= 11 is 0. The third-order valence-electron chi connectivity index (χ3n) is 3.99. The van der Waals surface area contributed by atoms with Crippen LogP contribution in [-0.2, 0) is 10.3 Å². The lowest BCUT2D eigenvalue weighted by atomic mass is 9.89. The first-order valence-electron chi connectivity index (χ1n) is 7.27. The van der Waals surface area contributed by atoms with Crippen LogP contribution in [0.4, 0.5) is 0 Å². The summed E-state index contributed by atoms with van der Waals surface area (Å²) in [5.41, 5.74) is 6.27. The molecule has 2 rings (SSSR count). The second-order valence-electron chi connectivity index (χ2n) is 5.40. The molecular weight excluding hydrogens is 250 g/mol. The second kappa shape index (κ2) is 6.85. The van der Waals surface area contributed by atoms with Crippen LogP contribution in [0.2, 0.25) is 0 Å². The number of nitriles is 1. The van der Waals surface area contributed by atoms with Gasteiger partial charge < -0.3 is 10.5 Å². The lowest BCUT2D eigenvalue weighted by Crippen LogP contribution is -2.45. The Morgan fingerprint density at radius 2 is 2.20 bits per heavy atom. The molecule has 2 atom stereocenters. The van der Waals surface area contributed by atoms with Gasteiger partial charge in [-0.25, -0.2) is 0 Å². The maximum Gasteiger partial charge on any atom is 0.131 e. The first-order chi connectivity index (χ1) is 9.68. The molecule has 0 radical (unpaired) electrons. The van der Waals surface area contributed by atoms with E-state index >= 15 is 0 Å². The Labute approximate surface area is 121 Å². The van der Waals surface area contributed by atoms with Crippen LogP contribution in [-0.4, -0.2) is 37.2 Å². The molecule has 108 valence electrons. The van der Waals surface area contributed by atoms with E-state index in [-0.39, 0.29) is 0 Å². The quantitative estimate of drug-likeness (QED) is 0.889.